The number of hydrogen-bond acceptors (Lipinski definition) is 8. The van der Waals surface area contributed by atoms with Crippen molar-refractivity contribution < 1.29 is 19.7 Å². The van der Waals surface area contributed by atoms with Crippen molar-refractivity contribution in [3.63, 3.8) is 0 Å². The summed E-state index contributed by atoms with van der Waals surface area (Å²) in [5, 5.41) is 24.8. The lowest BCUT2D eigenvalue weighted by Crippen LogP contribution is -2.33. The fraction of sp³-hybridized carbons (Fsp3) is 0.250. The van der Waals surface area contributed by atoms with Gasteiger partial charge in [0.05, 0.1) is 28.1 Å². The van der Waals surface area contributed by atoms with Gasteiger partial charge < -0.3 is 19.7 Å². The van der Waals surface area contributed by atoms with E-state index in [1.54, 1.807) is 12.1 Å². The lowest BCUT2D eigenvalue weighted by molar-refractivity contribution is 0.268. The summed E-state index contributed by atoms with van der Waals surface area (Å²) in [6.07, 6.45) is 0. The van der Waals surface area contributed by atoms with Gasteiger partial charge in [-0.15, -0.1) is 0 Å². The largest absolute Gasteiger partial charge is 0.494 e. The number of aromatic hydroxyl groups is 2. The summed E-state index contributed by atoms with van der Waals surface area (Å²) in [5.74, 6) is -1.45. The van der Waals surface area contributed by atoms with Crippen LogP contribution in [0.1, 0.15) is 35.1 Å². The summed E-state index contributed by atoms with van der Waals surface area (Å²) in [4.78, 5) is 27.6. The molecule has 0 fully saturated rings. The minimum Gasteiger partial charge on any atom is -0.494 e. The second-order valence-electron chi connectivity index (χ2n) is 10.5. The first-order valence-corrected chi connectivity index (χ1v) is 15.5. The van der Waals surface area contributed by atoms with Crippen molar-refractivity contribution in [3.8, 4) is 23.3 Å². The van der Waals surface area contributed by atoms with Gasteiger partial charge in [0.2, 0.25) is 11.8 Å². The highest BCUT2D eigenvalue weighted by Gasteiger charge is 2.33. The van der Waals surface area contributed by atoms with E-state index >= 15 is 0 Å². The molecule has 45 heavy (non-hydrogen) atoms. The second kappa shape index (κ2) is 12.7. The molecule has 2 aromatic heterocycles. The molecule has 0 amide bonds. The predicted molar refractivity (Wildman–Crippen MR) is 181 cm³/mol. The van der Waals surface area contributed by atoms with Crippen LogP contribution in [0.25, 0.3) is 10.8 Å². The van der Waals surface area contributed by atoms with Gasteiger partial charge in [-0.25, -0.2) is 0 Å². The van der Waals surface area contributed by atoms with E-state index in [9.17, 15) is 19.8 Å². The highest BCUT2D eigenvalue weighted by molar-refractivity contribution is 9.10. The van der Waals surface area contributed by atoms with Gasteiger partial charge in [0.25, 0.3) is 11.1 Å². The summed E-state index contributed by atoms with van der Waals surface area (Å²) in [6.45, 7) is 2.34. The van der Waals surface area contributed by atoms with Gasteiger partial charge in [0.1, 0.15) is 6.61 Å². The van der Waals surface area contributed by atoms with E-state index in [0.717, 1.165) is 16.3 Å². The minimum absolute atomic E-state index is 0.0666. The van der Waals surface area contributed by atoms with Gasteiger partial charge in [-0.05, 0) is 81.3 Å². The molecule has 234 valence electrons. The molecule has 0 aliphatic carbocycles. The van der Waals surface area contributed by atoms with Gasteiger partial charge in [-0.1, -0.05) is 42.5 Å². The molecule has 0 saturated heterocycles. The molecule has 0 saturated carbocycles. The number of hydrogen-bond donors (Lipinski definition) is 2. The fourth-order valence-electron chi connectivity index (χ4n) is 5.43. The minimum atomic E-state index is -1.27. The van der Waals surface area contributed by atoms with Crippen molar-refractivity contribution in [1.29, 1.82) is 0 Å². The smallest absolute Gasteiger partial charge is 0.262 e. The Kier molecular flexibility index (Phi) is 9.06. The first-order valence-electron chi connectivity index (χ1n) is 13.9. The summed E-state index contributed by atoms with van der Waals surface area (Å²) in [5.41, 5.74) is -0.292. The quantitative estimate of drug-likeness (QED) is 0.197. The summed E-state index contributed by atoms with van der Waals surface area (Å²) in [6, 6.07) is 17.3. The summed E-state index contributed by atoms with van der Waals surface area (Å²) < 4.78 is 17.9. The average Bonchev–Trinajstić information content (AvgIpc) is 3.03. The van der Waals surface area contributed by atoms with Crippen molar-refractivity contribution in [2.45, 2.75) is 19.4 Å². The van der Waals surface area contributed by atoms with E-state index < -0.39 is 28.8 Å². The highest BCUT2D eigenvalue weighted by atomic mass is 79.9. The van der Waals surface area contributed by atoms with Crippen LogP contribution >= 0.6 is 40.4 Å². The van der Waals surface area contributed by atoms with Crippen LogP contribution in [0.4, 0.5) is 0 Å². The first kappa shape index (κ1) is 32.2. The van der Waals surface area contributed by atoms with Crippen molar-refractivity contribution >= 4 is 51.1 Å². The van der Waals surface area contributed by atoms with Gasteiger partial charge >= 0.3 is 0 Å². The Morgan fingerprint density at radius 3 is 1.93 bits per heavy atom. The fourth-order valence-corrected chi connectivity index (χ4v) is 6.34. The second-order valence-corrected chi connectivity index (χ2v) is 12.1. The third-order valence-corrected chi connectivity index (χ3v) is 9.51. The zero-order valence-corrected chi connectivity index (χ0v) is 28.4. The molecule has 2 N–H and O–H groups in total. The molecule has 0 atom stereocenters. The monoisotopic (exact) mass is 710 g/mol. The lowest BCUT2D eigenvalue weighted by atomic mass is 9.86. The SMILES string of the molecule is CCOc1cc(C(c2c(O)n(C)c(=S)n(C)c2=O)c2c(O)n(C)c(=S)n(C)c2=O)cc(Br)c1OCc1cccc2ccccc12. The van der Waals surface area contributed by atoms with Crippen LogP contribution in [0, 0.1) is 9.54 Å². The molecule has 0 aliphatic heterocycles. The van der Waals surface area contributed by atoms with Crippen LogP contribution in [-0.2, 0) is 34.8 Å². The molecular weight excluding hydrogens is 680 g/mol. The Labute approximate surface area is 277 Å². The zero-order valence-electron chi connectivity index (χ0n) is 25.2. The average molecular weight is 712 g/mol. The molecule has 0 radical (unpaired) electrons. The molecule has 13 heteroatoms. The highest BCUT2D eigenvalue weighted by Crippen LogP contribution is 2.44. The number of nitrogens with zero attached hydrogens (tertiary/aromatic N) is 4. The molecule has 10 nitrogen and oxygen atoms in total. The Bertz CT molecular complexity index is 2130. The third kappa shape index (κ3) is 5.60. The molecular formula is C32H31BrN4O6S2. The molecule has 0 unspecified atom stereocenters. The zero-order chi connectivity index (χ0) is 32.7. The Morgan fingerprint density at radius 2 is 1.36 bits per heavy atom. The van der Waals surface area contributed by atoms with E-state index in [2.05, 4.69) is 15.9 Å². The van der Waals surface area contributed by atoms with Crippen LogP contribution in [0.5, 0.6) is 23.3 Å². The van der Waals surface area contributed by atoms with Gasteiger partial charge in [-0.2, -0.15) is 0 Å². The number of aromatic nitrogens is 4. The van der Waals surface area contributed by atoms with Crippen LogP contribution in [-0.4, -0.2) is 35.1 Å². The van der Waals surface area contributed by atoms with Crippen molar-refractivity contribution in [2.75, 3.05) is 6.61 Å². The van der Waals surface area contributed by atoms with Crippen molar-refractivity contribution in [3.05, 3.63) is 112 Å². The maximum Gasteiger partial charge on any atom is 0.262 e. The molecule has 5 rings (SSSR count). The third-order valence-electron chi connectivity index (χ3n) is 7.83. The van der Waals surface area contributed by atoms with Crippen LogP contribution in [0.15, 0.2) is 68.7 Å². The Balaban J connectivity index is 1.76. The van der Waals surface area contributed by atoms with Crippen molar-refractivity contribution in [1.82, 2.24) is 18.3 Å². The Morgan fingerprint density at radius 1 is 0.800 bits per heavy atom. The van der Waals surface area contributed by atoms with Crippen molar-refractivity contribution in [2.24, 2.45) is 28.2 Å². The van der Waals surface area contributed by atoms with Gasteiger partial charge in [0, 0.05) is 28.2 Å². The Hall–Kier alpha value is -4.20. The molecule has 5 aromatic rings. The number of benzene rings is 3. The molecule has 3 aromatic carbocycles. The number of ether oxygens (including phenoxy) is 2. The maximum absolute atomic E-state index is 13.8. The van der Waals surface area contributed by atoms with E-state index in [4.69, 9.17) is 33.9 Å². The molecule has 0 bridgehead atoms. The number of rotatable bonds is 8. The summed E-state index contributed by atoms with van der Waals surface area (Å²) >= 11 is 14.3. The summed E-state index contributed by atoms with van der Waals surface area (Å²) in [7, 11) is 5.96. The standard InChI is InChI=1S/C32H31BrN4O6S2/c1-6-42-22-15-19(14-21(33)26(22)43-16-18-12-9-11-17-10-7-8-13-20(17)18)23(24-27(38)34(2)31(44)35(3)28(24)39)25-29(40)36(4)32(45)37(5)30(25)41/h7-15,23,38,40H,6,16H2,1-5H3. The number of halogens is 1. The number of fused-ring (bicyclic) bond motifs is 1. The first-order chi connectivity index (χ1) is 21.4. The maximum atomic E-state index is 13.8. The van der Waals surface area contributed by atoms with Gasteiger partial charge in [0.15, 0.2) is 21.0 Å². The molecule has 2 heterocycles. The van der Waals surface area contributed by atoms with E-state index in [1.165, 1.54) is 46.5 Å². The van der Waals surface area contributed by atoms with Crippen LogP contribution in [0.3, 0.4) is 0 Å². The normalized spacial score (nSPS) is 11.4. The van der Waals surface area contributed by atoms with E-state index in [0.29, 0.717) is 21.5 Å². The lowest BCUT2D eigenvalue weighted by Gasteiger charge is -2.24. The topological polar surface area (TPSA) is 113 Å². The van der Waals surface area contributed by atoms with E-state index in [-0.39, 0.29) is 33.9 Å². The predicted octanol–water partition coefficient (Wildman–Crippen LogP) is 5.70. The van der Waals surface area contributed by atoms with E-state index in [1.807, 2.05) is 49.4 Å². The van der Waals surface area contributed by atoms with Gasteiger partial charge in [-0.3, -0.25) is 27.9 Å². The van der Waals surface area contributed by atoms with Crippen LogP contribution in [0.2, 0.25) is 0 Å². The van der Waals surface area contributed by atoms with Crippen LogP contribution < -0.4 is 20.6 Å². The molecule has 0 spiro atoms. The molecule has 0 aliphatic rings.